The first kappa shape index (κ1) is 31.6. The van der Waals surface area contributed by atoms with Crippen LogP contribution in [0.25, 0.3) is 6.08 Å². The van der Waals surface area contributed by atoms with E-state index in [1.54, 1.807) is 36.4 Å². The lowest BCUT2D eigenvalue weighted by Crippen LogP contribution is -2.36. The van der Waals surface area contributed by atoms with Crippen LogP contribution in [0.2, 0.25) is 5.02 Å². The molecule has 1 fully saturated rings. The van der Waals surface area contributed by atoms with Gasteiger partial charge in [0, 0.05) is 11.3 Å². The predicted octanol–water partition coefficient (Wildman–Crippen LogP) is 6.70. The van der Waals surface area contributed by atoms with E-state index in [1.165, 1.54) is 37.5 Å². The number of rotatable bonds is 12. The number of amides is 3. The number of carbonyl (C=O) groups excluding carboxylic acids is 4. The zero-order valence-corrected chi connectivity index (χ0v) is 24.9. The van der Waals surface area contributed by atoms with E-state index in [0.29, 0.717) is 40.8 Å². The molecule has 4 rings (SSSR count). The standard InChI is InChI=1S/C31H28ClFN2O7S/c1-3-4-13-41-30(38)22-16-21(10-11-23(22)32)34-28(36)17-35-29(37)27(43-31(35)39)15-19-9-12-25(26(14-19)40-2)42-18-20-7-5-6-8-24(20)33/h5-12,14-16H,3-4,13,17-18H2,1-2H3,(H,34,36)/b27-15+. The van der Waals surface area contributed by atoms with E-state index >= 15 is 0 Å². The smallest absolute Gasteiger partial charge is 0.339 e. The first-order valence-corrected chi connectivity index (χ1v) is 14.5. The van der Waals surface area contributed by atoms with Crippen molar-refractivity contribution in [3.05, 3.63) is 93.1 Å². The summed E-state index contributed by atoms with van der Waals surface area (Å²) < 4.78 is 30.2. The fourth-order valence-corrected chi connectivity index (χ4v) is 4.98. The number of hydrogen-bond acceptors (Lipinski definition) is 8. The van der Waals surface area contributed by atoms with Crippen molar-refractivity contribution in [2.24, 2.45) is 0 Å². The minimum absolute atomic E-state index is 0.0102. The number of unbranched alkanes of at least 4 members (excludes halogenated alkanes) is 1. The topological polar surface area (TPSA) is 111 Å². The lowest BCUT2D eigenvalue weighted by atomic mass is 10.1. The van der Waals surface area contributed by atoms with Crippen LogP contribution < -0.4 is 14.8 Å². The first-order chi connectivity index (χ1) is 20.7. The molecule has 0 aromatic heterocycles. The molecule has 0 spiro atoms. The van der Waals surface area contributed by atoms with Crippen LogP contribution >= 0.6 is 23.4 Å². The molecule has 0 bridgehead atoms. The third-order valence-corrected chi connectivity index (χ3v) is 7.44. The lowest BCUT2D eigenvalue weighted by Gasteiger charge is -2.13. The van der Waals surface area contributed by atoms with Gasteiger partial charge in [0.25, 0.3) is 11.1 Å². The Morgan fingerprint density at radius 2 is 1.86 bits per heavy atom. The second kappa shape index (κ2) is 14.7. The summed E-state index contributed by atoms with van der Waals surface area (Å²) in [6.45, 7) is 1.67. The van der Waals surface area contributed by atoms with Crippen LogP contribution in [0.15, 0.2) is 65.6 Å². The van der Waals surface area contributed by atoms with Gasteiger partial charge in [0.2, 0.25) is 5.91 Å². The number of anilines is 1. The second-order valence-electron chi connectivity index (χ2n) is 9.29. The molecular weight excluding hydrogens is 599 g/mol. The minimum atomic E-state index is -0.644. The second-order valence-corrected chi connectivity index (χ2v) is 10.7. The van der Waals surface area contributed by atoms with Gasteiger partial charge in [-0.05, 0) is 66.2 Å². The van der Waals surface area contributed by atoms with Gasteiger partial charge in [-0.25, -0.2) is 9.18 Å². The summed E-state index contributed by atoms with van der Waals surface area (Å²) in [5, 5.41) is 2.13. The molecule has 0 unspecified atom stereocenters. The summed E-state index contributed by atoms with van der Waals surface area (Å²) in [5.41, 5.74) is 1.27. The molecule has 9 nitrogen and oxygen atoms in total. The average Bonchev–Trinajstić information content (AvgIpc) is 3.25. The molecule has 3 aromatic carbocycles. The summed E-state index contributed by atoms with van der Waals surface area (Å²) in [6, 6.07) is 15.5. The van der Waals surface area contributed by atoms with Gasteiger partial charge < -0.3 is 19.5 Å². The SMILES string of the molecule is CCCCOC(=O)c1cc(NC(=O)CN2C(=O)S/C(=C/c3ccc(OCc4ccccc4F)c(OC)c3)C2=O)ccc1Cl. The maximum absolute atomic E-state index is 13.9. The van der Waals surface area contributed by atoms with Crippen LogP contribution in [0, 0.1) is 5.82 Å². The van der Waals surface area contributed by atoms with Gasteiger partial charge in [0.15, 0.2) is 11.5 Å². The number of benzene rings is 3. The minimum Gasteiger partial charge on any atom is -0.493 e. The number of halogens is 2. The number of nitrogens with one attached hydrogen (secondary N) is 1. The van der Waals surface area contributed by atoms with Crippen molar-refractivity contribution in [3.63, 3.8) is 0 Å². The molecule has 43 heavy (non-hydrogen) atoms. The summed E-state index contributed by atoms with van der Waals surface area (Å²) in [4.78, 5) is 51.6. The van der Waals surface area contributed by atoms with Gasteiger partial charge in [0.05, 0.1) is 29.2 Å². The van der Waals surface area contributed by atoms with E-state index in [2.05, 4.69) is 5.32 Å². The van der Waals surface area contributed by atoms with E-state index in [-0.39, 0.29) is 40.2 Å². The number of imide groups is 1. The number of esters is 1. The van der Waals surface area contributed by atoms with Crippen molar-refractivity contribution in [3.8, 4) is 11.5 Å². The van der Waals surface area contributed by atoms with Gasteiger partial charge in [-0.15, -0.1) is 0 Å². The Kier molecular flexibility index (Phi) is 10.8. The highest BCUT2D eigenvalue weighted by atomic mass is 35.5. The third kappa shape index (κ3) is 8.14. The van der Waals surface area contributed by atoms with Crippen molar-refractivity contribution < 1.29 is 37.8 Å². The Bertz CT molecular complexity index is 1580. The van der Waals surface area contributed by atoms with Crippen LogP contribution in [0.1, 0.15) is 41.3 Å². The molecule has 3 amide bonds. The monoisotopic (exact) mass is 626 g/mol. The predicted molar refractivity (Wildman–Crippen MR) is 162 cm³/mol. The molecule has 224 valence electrons. The van der Waals surface area contributed by atoms with Crippen LogP contribution in [-0.2, 0) is 20.9 Å². The van der Waals surface area contributed by atoms with Crippen molar-refractivity contribution in [2.75, 3.05) is 25.6 Å². The molecule has 1 aliphatic rings. The summed E-state index contributed by atoms with van der Waals surface area (Å²) in [5.74, 6) is -1.57. The number of methoxy groups -OCH3 is 1. The summed E-state index contributed by atoms with van der Waals surface area (Å²) in [6.07, 6.45) is 3.06. The zero-order valence-electron chi connectivity index (χ0n) is 23.4. The molecule has 1 N–H and O–H groups in total. The van der Waals surface area contributed by atoms with E-state index < -0.39 is 29.6 Å². The number of carbonyl (C=O) groups is 4. The Hall–Kier alpha value is -4.35. The number of hydrogen-bond donors (Lipinski definition) is 1. The molecule has 0 saturated carbocycles. The quantitative estimate of drug-likeness (QED) is 0.134. The maximum Gasteiger partial charge on any atom is 0.339 e. The summed E-state index contributed by atoms with van der Waals surface area (Å²) >= 11 is 6.82. The highest BCUT2D eigenvalue weighted by Crippen LogP contribution is 2.35. The van der Waals surface area contributed by atoms with E-state index in [4.69, 9.17) is 25.8 Å². The average molecular weight is 627 g/mol. The highest BCUT2D eigenvalue weighted by molar-refractivity contribution is 8.18. The Morgan fingerprint density at radius 3 is 2.60 bits per heavy atom. The van der Waals surface area contributed by atoms with Crippen LogP contribution in [0.4, 0.5) is 14.9 Å². The van der Waals surface area contributed by atoms with Crippen molar-refractivity contribution in [1.82, 2.24) is 4.90 Å². The Labute approximate surface area is 256 Å². The number of nitrogens with zero attached hydrogens (tertiary/aromatic N) is 1. The first-order valence-electron chi connectivity index (χ1n) is 13.3. The normalized spacial score (nSPS) is 13.8. The Morgan fingerprint density at radius 1 is 1.07 bits per heavy atom. The van der Waals surface area contributed by atoms with Gasteiger partial charge in [-0.3, -0.25) is 19.3 Å². The Balaban J connectivity index is 1.40. The lowest BCUT2D eigenvalue weighted by molar-refractivity contribution is -0.127. The van der Waals surface area contributed by atoms with Crippen LogP contribution in [0.5, 0.6) is 11.5 Å². The molecular formula is C31H28ClFN2O7S. The van der Waals surface area contributed by atoms with Gasteiger partial charge in [0.1, 0.15) is 19.0 Å². The number of ether oxygens (including phenoxy) is 3. The maximum atomic E-state index is 13.9. The van der Waals surface area contributed by atoms with Gasteiger partial charge in [-0.2, -0.15) is 0 Å². The van der Waals surface area contributed by atoms with E-state index in [9.17, 15) is 23.6 Å². The zero-order chi connectivity index (χ0) is 30.9. The molecule has 0 aliphatic carbocycles. The van der Waals surface area contributed by atoms with Gasteiger partial charge >= 0.3 is 5.97 Å². The van der Waals surface area contributed by atoms with Crippen molar-refractivity contribution in [1.29, 1.82) is 0 Å². The molecule has 1 heterocycles. The third-order valence-electron chi connectivity index (χ3n) is 6.20. The van der Waals surface area contributed by atoms with Crippen LogP contribution in [0.3, 0.4) is 0 Å². The van der Waals surface area contributed by atoms with Crippen LogP contribution in [-0.4, -0.2) is 48.2 Å². The largest absolute Gasteiger partial charge is 0.493 e. The number of thioether (sulfide) groups is 1. The van der Waals surface area contributed by atoms with Crippen molar-refractivity contribution in [2.45, 2.75) is 26.4 Å². The molecule has 0 radical (unpaired) electrons. The highest BCUT2D eigenvalue weighted by Gasteiger charge is 2.36. The molecule has 12 heteroatoms. The van der Waals surface area contributed by atoms with E-state index in [1.807, 2.05) is 6.92 Å². The molecule has 0 atom stereocenters. The fourth-order valence-electron chi connectivity index (χ4n) is 3.94. The fraction of sp³-hybridized carbons (Fsp3) is 0.226. The van der Waals surface area contributed by atoms with Gasteiger partial charge in [-0.1, -0.05) is 49.2 Å². The molecule has 3 aromatic rings. The molecule has 1 aliphatic heterocycles. The summed E-state index contributed by atoms with van der Waals surface area (Å²) in [7, 11) is 1.45. The van der Waals surface area contributed by atoms with E-state index in [0.717, 1.165) is 11.3 Å². The van der Waals surface area contributed by atoms with Crippen molar-refractivity contribution >= 4 is 58.1 Å². The molecule has 1 saturated heterocycles.